The monoisotopic (exact) mass is 295 g/mol. The number of thioether (sulfide) groups is 1. The summed E-state index contributed by atoms with van der Waals surface area (Å²) in [6.45, 7) is 0. The largest absolute Gasteiger partial charge is 0.478 e. The quantitative estimate of drug-likeness (QED) is 0.666. The van der Waals surface area contributed by atoms with E-state index in [2.05, 4.69) is 15.3 Å². The van der Waals surface area contributed by atoms with Crippen molar-refractivity contribution in [1.82, 2.24) is 9.97 Å². The Labute approximate surface area is 119 Å². The van der Waals surface area contributed by atoms with Crippen LogP contribution in [0.3, 0.4) is 0 Å². The number of nitrogens with zero attached hydrogens (tertiary/aromatic N) is 2. The zero-order chi connectivity index (χ0) is 13.8. The van der Waals surface area contributed by atoms with Gasteiger partial charge in [-0.2, -0.15) is 0 Å². The maximum atomic E-state index is 11.0. The Bertz CT molecular complexity index is 622. The number of nitrogens with one attached hydrogen (secondary N) is 1. The van der Waals surface area contributed by atoms with E-state index in [1.54, 1.807) is 12.1 Å². The third-order valence-electron chi connectivity index (χ3n) is 2.32. The Balaban J connectivity index is 2.28. The summed E-state index contributed by atoms with van der Waals surface area (Å²) in [7, 11) is 0. The first-order valence-corrected chi connectivity index (χ1v) is 6.86. The first-order valence-electron chi connectivity index (χ1n) is 5.26. The van der Waals surface area contributed by atoms with Crippen molar-refractivity contribution in [2.75, 3.05) is 11.6 Å². The molecule has 0 aliphatic rings. The molecular formula is C12H10ClN3O2S. The summed E-state index contributed by atoms with van der Waals surface area (Å²) in [5.74, 6) is -0.473. The SMILES string of the molecule is CSc1cc(Nc2ccc(Cl)c(C(=O)O)c2)ncn1. The lowest BCUT2D eigenvalue weighted by Gasteiger charge is -2.07. The van der Waals surface area contributed by atoms with Gasteiger partial charge in [0.1, 0.15) is 17.2 Å². The normalized spacial score (nSPS) is 10.2. The summed E-state index contributed by atoms with van der Waals surface area (Å²) in [5, 5.41) is 13.0. The van der Waals surface area contributed by atoms with E-state index >= 15 is 0 Å². The van der Waals surface area contributed by atoms with Crippen molar-refractivity contribution < 1.29 is 9.90 Å². The predicted octanol–water partition coefficient (Wildman–Crippen LogP) is 3.29. The maximum absolute atomic E-state index is 11.0. The lowest BCUT2D eigenvalue weighted by molar-refractivity contribution is 0.0697. The summed E-state index contributed by atoms with van der Waals surface area (Å²) in [4.78, 5) is 19.1. The molecule has 0 spiro atoms. The third kappa shape index (κ3) is 3.36. The number of hydrogen-bond donors (Lipinski definition) is 2. The van der Waals surface area contributed by atoms with E-state index in [-0.39, 0.29) is 10.6 Å². The third-order valence-corrected chi connectivity index (χ3v) is 3.29. The van der Waals surface area contributed by atoms with Gasteiger partial charge < -0.3 is 10.4 Å². The first-order chi connectivity index (χ1) is 9.10. The van der Waals surface area contributed by atoms with Crippen molar-refractivity contribution in [3.05, 3.63) is 41.2 Å². The van der Waals surface area contributed by atoms with Gasteiger partial charge in [0.2, 0.25) is 0 Å². The van der Waals surface area contributed by atoms with Crippen LogP contribution in [0.4, 0.5) is 11.5 Å². The molecule has 2 rings (SSSR count). The Morgan fingerprint density at radius 1 is 1.37 bits per heavy atom. The Morgan fingerprint density at radius 3 is 2.84 bits per heavy atom. The number of carboxylic acids is 1. The Kier molecular flexibility index (Phi) is 4.24. The van der Waals surface area contributed by atoms with Gasteiger partial charge in [-0.3, -0.25) is 0 Å². The van der Waals surface area contributed by atoms with E-state index < -0.39 is 5.97 Å². The molecule has 19 heavy (non-hydrogen) atoms. The van der Waals surface area contributed by atoms with Gasteiger partial charge in [-0.05, 0) is 24.5 Å². The molecule has 5 nitrogen and oxygen atoms in total. The summed E-state index contributed by atoms with van der Waals surface area (Å²) in [6.07, 6.45) is 3.36. The molecule has 1 aromatic heterocycles. The average molecular weight is 296 g/mol. The molecule has 0 bridgehead atoms. The summed E-state index contributed by atoms with van der Waals surface area (Å²) in [6, 6.07) is 6.46. The standard InChI is InChI=1S/C12H10ClN3O2S/c1-19-11-5-10(14-6-15-11)16-7-2-3-9(13)8(4-7)12(17)18/h2-6H,1H3,(H,17,18)(H,14,15,16). The van der Waals surface area contributed by atoms with Gasteiger partial charge in [-0.1, -0.05) is 11.6 Å². The van der Waals surface area contributed by atoms with Crippen LogP contribution in [-0.2, 0) is 0 Å². The number of anilines is 2. The van der Waals surface area contributed by atoms with Gasteiger partial charge in [0.05, 0.1) is 10.6 Å². The second-order valence-corrected chi connectivity index (χ2v) is 4.80. The molecule has 0 aliphatic heterocycles. The maximum Gasteiger partial charge on any atom is 0.337 e. The number of halogens is 1. The van der Waals surface area contributed by atoms with Crippen LogP contribution in [0.5, 0.6) is 0 Å². The molecule has 0 saturated carbocycles. The number of rotatable bonds is 4. The molecule has 98 valence electrons. The summed E-state index contributed by atoms with van der Waals surface area (Å²) in [5.41, 5.74) is 0.651. The number of carbonyl (C=O) groups is 1. The minimum Gasteiger partial charge on any atom is -0.478 e. The van der Waals surface area contributed by atoms with E-state index in [4.69, 9.17) is 16.7 Å². The van der Waals surface area contributed by atoms with Crippen molar-refractivity contribution in [2.24, 2.45) is 0 Å². The molecule has 0 fully saturated rings. The number of aromatic carboxylic acids is 1. The van der Waals surface area contributed by atoms with E-state index in [1.807, 2.05) is 6.26 Å². The van der Waals surface area contributed by atoms with Crippen molar-refractivity contribution in [1.29, 1.82) is 0 Å². The molecule has 0 atom stereocenters. The van der Waals surface area contributed by atoms with Gasteiger partial charge in [0.15, 0.2) is 0 Å². The topological polar surface area (TPSA) is 75.1 Å². The molecule has 2 N–H and O–H groups in total. The first kappa shape index (κ1) is 13.6. The minimum atomic E-state index is -1.07. The van der Waals surface area contributed by atoms with E-state index in [0.29, 0.717) is 11.5 Å². The minimum absolute atomic E-state index is 0.0470. The lowest BCUT2D eigenvalue weighted by atomic mass is 10.2. The van der Waals surface area contributed by atoms with Crippen LogP contribution >= 0.6 is 23.4 Å². The fourth-order valence-electron chi connectivity index (χ4n) is 1.43. The van der Waals surface area contributed by atoms with Crippen molar-refractivity contribution in [3.63, 3.8) is 0 Å². The highest BCUT2D eigenvalue weighted by atomic mass is 35.5. The highest BCUT2D eigenvalue weighted by Gasteiger charge is 2.09. The molecule has 0 amide bonds. The van der Waals surface area contributed by atoms with Crippen LogP contribution in [0.15, 0.2) is 35.6 Å². The molecule has 0 unspecified atom stereocenters. The molecule has 1 aromatic carbocycles. The molecule has 1 heterocycles. The lowest BCUT2D eigenvalue weighted by Crippen LogP contribution is -2.00. The smallest absolute Gasteiger partial charge is 0.337 e. The van der Waals surface area contributed by atoms with E-state index in [9.17, 15) is 4.79 Å². The zero-order valence-electron chi connectivity index (χ0n) is 9.92. The molecule has 0 radical (unpaired) electrons. The summed E-state index contributed by atoms with van der Waals surface area (Å²) < 4.78 is 0. The van der Waals surface area contributed by atoms with Crippen LogP contribution in [0.25, 0.3) is 0 Å². The number of aromatic nitrogens is 2. The predicted molar refractivity (Wildman–Crippen MR) is 75.5 cm³/mol. The highest BCUT2D eigenvalue weighted by Crippen LogP contribution is 2.23. The summed E-state index contributed by atoms with van der Waals surface area (Å²) >= 11 is 7.30. The van der Waals surface area contributed by atoms with Crippen molar-refractivity contribution in [3.8, 4) is 0 Å². The van der Waals surface area contributed by atoms with E-state index in [1.165, 1.54) is 30.2 Å². The zero-order valence-corrected chi connectivity index (χ0v) is 11.5. The van der Waals surface area contributed by atoms with Gasteiger partial charge in [0, 0.05) is 11.8 Å². The van der Waals surface area contributed by atoms with Crippen molar-refractivity contribution in [2.45, 2.75) is 5.03 Å². The molecule has 2 aromatic rings. The second kappa shape index (κ2) is 5.90. The van der Waals surface area contributed by atoms with Crippen LogP contribution in [0, 0.1) is 0 Å². The number of benzene rings is 1. The second-order valence-electron chi connectivity index (χ2n) is 3.57. The fraction of sp³-hybridized carbons (Fsp3) is 0.0833. The Morgan fingerprint density at radius 2 is 2.16 bits per heavy atom. The molecule has 0 aliphatic carbocycles. The Hall–Kier alpha value is -1.79. The number of hydrogen-bond acceptors (Lipinski definition) is 5. The van der Waals surface area contributed by atoms with Crippen molar-refractivity contribution >= 4 is 40.8 Å². The fourth-order valence-corrected chi connectivity index (χ4v) is 2.01. The molecule has 0 saturated heterocycles. The van der Waals surface area contributed by atoms with E-state index in [0.717, 1.165) is 5.03 Å². The van der Waals surface area contributed by atoms with Crippen LogP contribution in [0.2, 0.25) is 5.02 Å². The molecular weight excluding hydrogens is 286 g/mol. The van der Waals surface area contributed by atoms with Gasteiger partial charge in [-0.15, -0.1) is 11.8 Å². The van der Waals surface area contributed by atoms with Gasteiger partial charge in [0.25, 0.3) is 0 Å². The highest BCUT2D eigenvalue weighted by molar-refractivity contribution is 7.98. The van der Waals surface area contributed by atoms with Crippen LogP contribution in [0.1, 0.15) is 10.4 Å². The van der Waals surface area contributed by atoms with Crippen LogP contribution in [-0.4, -0.2) is 27.3 Å². The average Bonchev–Trinajstić information content (AvgIpc) is 2.41. The number of carboxylic acid groups (broad SMARTS) is 1. The van der Waals surface area contributed by atoms with Gasteiger partial charge >= 0.3 is 5.97 Å². The van der Waals surface area contributed by atoms with Crippen LogP contribution < -0.4 is 5.32 Å². The molecule has 7 heteroatoms. The van der Waals surface area contributed by atoms with Gasteiger partial charge in [-0.25, -0.2) is 14.8 Å².